The standard InChI is InChI=1S/C18H27ClO2/c1-5-6-12-17(14-18(20)21-19)13-8-11-16(4)10-7-9-15(2)3/h5,9,11,14H,1,6-8,10,12-13H2,2-4H3. The van der Waals surface area contributed by atoms with Gasteiger partial charge in [-0.25, -0.2) is 4.79 Å². The van der Waals surface area contributed by atoms with Crippen molar-refractivity contribution in [3.8, 4) is 0 Å². The monoisotopic (exact) mass is 310 g/mol. The fraction of sp³-hybridized carbons (Fsp3) is 0.500. The summed E-state index contributed by atoms with van der Waals surface area (Å²) in [5.41, 5.74) is 3.79. The number of hydrogen-bond acceptors (Lipinski definition) is 2. The Balaban J connectivity index is 4.33. The molecule has 118 valence electrons. The van der Waals surface area contributed by atoms with Gasteiger partial charge in [0.2, 0.25) is 0 Å². The largest absolute Gasteiger partial charge is 0.348 e. The van der Waals surface area contributed by atoms with Gasteiger partial charge in [-0.2, -0.15) is 0 Å². The number of allylic oxidation sites excluding steroid dienone is 6. The second-order valence-electron chi connectivity index (χ2n) is 5.44. The number of carbonyl (C=O) groups excluding carboxylic acids is 1. The summed E-state index contributed by atoms with van der Waals surface area (Å²) in [7, 11) is 0. The first-order chi connectivity index (χ1) is 9.99. The third-order valence-electron chi connectivity index (χ3n) is 3.12. The maximum atomic E-state index is 11.2. The lowest BCUT2D eigenvalue weighted by molar-refractivity contribution is -0.128. The molecule has 0 spiro atoms. The van der Waals surface area contributed by atoms with Crippen molar-refractivity contribution in [2.75, 3.05) is 0 Å². The van der Waals surface area contributed by atoms with Crippen LogP contribution in [0.3, 0.4) is 0 Å². The van der Waals surface area contributed by atoms with Crippen molar-refractivity contribution >= 4 is 17.8 Å². The molecular weight excluding hydrogens is 284 g/mol. The highest BCUT2D eigenvalue weighted by atomic mass is 35.5. The molecule has 0 aromatic rings. The smallest absolute Gasteiger partial charge is 0.344 e. The summed E-state index contributed by atoms with van der Waals surface area (Å²) in [5.74, 6) is -0.500. The Kier molecular flexibility index (Phi) is 11.7. The van der Waals surface area contributed by atoms with Crippen molar-refractivity contribution < 1.29 is 9.08 Å². The molecule has 0 unspecified atom stereocenters. The Morgan fingerprint density at radius 1 is 1.05 bits per heavy atom. The molecule has 0 saturated heterocycles. The van der Waals surface area contributed by atoms with Gasteiger partial charge in [0, 0.05) is 6.08 Å². The van der Waals surface area contributed by atoms with Crippen molar-refractivity contribution in [3.63, 3.8) is 0 Å². The van der Waals surface area contributed by atoms with Gasteiger partial charge in [-0.15, -0.1) is 6.58 Å². The molecule has 0 aliphatic carbocycles. The zero-order valence-corrected chi connectivity index (χ0v) is 14.2. The molecule has 2 nitrogen and oxygen atoms in total. The Hall–Kier alpha value is -1.28. The van der Waals surface area contributed by atoms with E-state index in [4.69, 9.17) is 11.9 Å². The van der Waals surface area contributed by atoms with E-state index in [1.54, 1.807) is 0 Å². The van der Waals surface area contributed by atoms with Crippen LogP contribution in [0.15, 0.2) is 47.6 Å². The van der Waals surface area contributed by atoms with E-state index in [2.05, 4.69) is 43.8 Å². The Labute approximate surface area is 134 Å². The van der Waals surface area contributed by atoms with Crippen LogP contribution in [0.2, 0.25) is 0 Å². The molecule has 0 aromatic heterocycles. The predicted octanol–water partition coefficient (Wildman–Crippen LogP) is 6.05. The van der Waals surface area contributed by atoms with Gasteiger partial charge in [-0.1, -0.05) is 34.9 Å². The van der Waals surface area contributed by atoms with E-state index in [0.717, 1.165) is 44.1 Å². The molecule has 0 bridgehead atoms. The zero-order valence-electron chi connectivity index (χ0n) is 13.5. The maximum Gasteiger partial charge on any atom is 0.348 e. The number of halogens is 1. The van der Waals surface area contributed by atoms with Gasteiger partial charge in [-0.05, 0) is 59.3 Å². The molecular formula is C18H27ClO2. The minimum Gasteiger partial charge on any atom is -0.344 e. The highest BCUT2D eigenvalue weighted by Crippen LogP contribution is 2.16. The summed E-state index contributed by atoms with van der Waals surface area (Å²) in [6, 6.07) is 0. The van der Waals surface area contributed by atoms with Gasteiger partial charge < -0.3 is 4.29 Å². The van der Waals surface area contributed by atoms with Crippen LogP contribution in [-0.4, -0.2) is 5.97 Å². The van der Waals surface area contributed by atoms with E-state index in [1.807, 2.05) is 6.08 Å². The first-order valence-corrected chi connectivity index (χ1v) is 7.72. The topological polar surface area (TPSA) is 26.3 Å². The summed E-state index contributed by atoms with van der Waals surface area (Å²) in [5, 5.41) is 0. The van der Waals surface area contributed by atoms with Gasteiger partial charge in [0.05, 0.1) is 0 Å². The predicted molar refractivity (Wildman–Crippen MR) is 91.1 cm³/mol. The van der Waals surface area contributed by atoms with Gasteiger partial charge in [0.1, 0.15) is 11.9 Å². The van der Waals surface area contributed by atoms with E-state index in [1.165, 1.54) is 17.2 Å². The number of hydrogen-bond donors (Lipinski definition) is 0. The maximum absolute atomic E-state index is 11.2. The summed E-state index contributed by atoms with van der Waals surface area (Å²) < 4.78 is 4.17. The molecule has 0 fully saturated rings. The van der Waals surface area contributed by atoms with E-state index in [9.17, 15) is 4.79 Å². The molecule has 0 rings (SSSR count). The van der Waals surface area contributed by atoms with Crippen molar-refractivity contribution in [1.29, 1.82) is 0 Å². The minimum absolute atomic E-state index is 0.500. The molecule has 0 aliphatic rings. The van der Waals surface area contributed by atoms with Gasteiger partial charge in [0.15, 0.2) is 0 Å². The van der Waals surface area contributed by atoms with Crippen LogP contribution in [0.5, 0.6) is 0 Å². The van der Waals surface area contributed by atoms with Crippen molar-refractivity contribution in [2.24, 2.45) is 0 Å². The second kappa shape index (κ2) is 12.5. The van der Waals surface area contributed by atoms with E-state index < -0.39 is 5.97 Å². The second-order valence-corrected chi connectivity index (χ2v) is 5.59. The zero-order chi connectivity index (χ0) is 16.1. The lowest BCUT2D eigenvalue weighted by atomic mass is 10.0. The molecule has 0 atom stereocenters. The number of carbonyl (C=O) groups is 1. The Bertz CT molecular complexity index is 413. The van der Waals surface area contributed by atoms with E-state index in [-0.39, 0.29) is 0 Å². The van der Waals surface area contributed by atoms with Crippen LogP contribution in [0.4, 0.5) is 0 Å². The average molecular weight is 311 g/mol. The molecule has 21 heavy (non-hydrogen) atoms. The average Bonchev–Trinajstić information content (AvgIpc) is 2.43. The Morgan fingerprint density at radius 2 is 1.67 bits per heavy atom. The molecule has 0 N–H and O–H groups in total. The van der Waals surface area contributed by atoms with Crippen LogP contribution in [0, 0.1) is 0 Å². The summed E-state index contributed by atoms with van der Waals surface area (Å²) >= 11 is 5.07. The van der Waals surface area contributed by atoms with Gasteiger partial charge in [0.25, 0.3) is 0 Å². The van der Waals surface area contributed by atoms with Crippen molar-refractivity contribution in [3.05, 3.63) is 47.6 Å². The van der Waals surface area contributed by atoms with Crippen molar-refractivity contribution in [2.45, 2.75) is 59.3 Å². The van der Waals surface area contributed by atoms with Crippen LogP contribution in [0.25, 0.3) is 0 Å². The Morgan fingerprint density at radius 3 is 2.24 bits per heavy atom. The normalized spacial score (nSPS) is 12.0. The van der Waals surface area contributed by atoms with Crippen LogP contribution in [0.1, 0.15) is 59.3 Å². The molecule has 0 aliphatic heterocycles. The lowest BCUT2D eigenvalue weighted by Crippen LogP contribution is -1.95. The minimum atomic E-state index is -0.500. The third kappa shape index (κ3) is 12.2. The first-order valence-electron chi connectivity index (χ1n) is 7.41. The SMILES string of the molecule is C=CCCC(=CC(=O)OCl)CCC=C(C)CCC=C(C)C. The van der Waals surface area contributed by atoms with Crippen LogP contribution >= 0.6 is 11.9 Å². The highest BCUT2D eigenvalue weighted by molar-refractivity contribution is 6.14. The van der Waals surface area contributed by atoms with Gasteiger partial charge >= 0.3 is 5.97 Å². The van der Waals surface area contributed by atoms with Crippen LogP contribution in [-0.2, 0) is 9.08 Å². The van der Waals surface area contributed by atoms with Gasteiger partial charge in [-0.3, -0.25) is 0 Å². The molecule has 0 radical (unpaired) electrons. The highest BCUT2D eigenvalue weighted by Gasteiger charge is 2.02. The molecule has 0 aromatic carbocycles. The summed E-state index contributed by atoms with van der Waals surface area (Å²) in [4.78, 5) is 11.2. The molecule has 0 amide bonds. The fourth-order valence-electron chi connectivity index (χ4n) is 1.94. The van der Waals surface area contributed by atoms with E-state index >= 15 is 0 Å². The molecule has 3 heteroatoms. The molecule has 0 saturated carbocycles. The fourth-order valence-corrected chi connectivity index (χ4v) is 1.98. The quantitative estimate of drug-likeness (QED) is 0.363. The first kappa shape index (κ1) is 19.7. The van der Waals surface area contributed by atoms with Crippen LogP contribution < -0.4 is 0 Å². The summed E-state index contributed by atoms with van der Waals surface area (Å²) in [6.07, 6.45) is 13.5. The summed E-state index contributed by atoms with van der Waals surface area (Å²) in [6.45, 7) is 10.1. The number of rotatable bonds is 10. The lowest BCUT2D eigenvalue weighted by Gasteiger charge is -2.05. The third-order valence-corrected chi connectivity index (χ3v) is 3.27. The molecule has 0 heterocycles. The van der Waals surface area contributed by atoms with E-state index in [0.29, 0.717) is 0 Å². The van der Waals surface area contributed by atoms with Crippen molar-refractivity contribution in [1.82, 2.24) is 0 Å².